The average molecular weight is 300 g/mol. The minimum atomic E-state index is -1.16. The summed E-state index contributed by atoms with van der Waals surface area (Å²) in [5, 5.41) is 18.6. The number of rotatable bonds is 4. The Labute approximate surface area is 146 Å². The molecule has 0 bridgehead atoms. The molecule has 21 heavy (non-hydrogen) atoms. The van der Waals surface area contributed by atoms with E-state index < -0.39 is 5.97 Å². The molecule has 0 aliphatic carbocycles. The molecule has 0 saturated heterocycles. The van der Waals surface area contributed by atoms with Gasteiger partial charge in [-0.1, -0.05) is 18.2 Å². The smallest absolute Gasteiger partial charge is 0.545 e. The molecule has 6 heteroatoms. The Balaban J connectivity index is 0. The first-order chi connectivity index (χ1) is 9.51. The van der Waals surface area contributed by atoms with E-state index in [2.05, 4.69) is 0 Å². The number of benzene rings is 1. The van der Waals surface area contributed by atoms with Crippen LogP contribution in [0.15, 0.2) is 48.6 Å². The van der Waals surface area contributed by atoms with Crippen LogP contribution in [0.2, 0.25) is 0 Å². The van der Waals surface area contributed by atoms with Gasteiger partial charge < -0.3 is 19.7 Å². The van der Waals surface area contributed by atoms with Crippen molar-refractivity contribution in [3.05, 3.63) is 54.1 Å². The standard InChI is InChI=1S/C9H10O3.C6H8O2.Na/c1-2-12-9(11)7-3-5-8(10)6-4-7;1-2-3-4-5-6(7)8;/h3-6,10H,2H2,1H3;2-5H,1H3,(H,7,8);/q;;+1/p-1/b;3-2+,5-4+;. The number of carboxylic acid groups (broad SMARTS) is 1. The monoisotopic (exact) mass is 300 g/mol. The second kappa shape index (κ2) is 13.4. The van der Waals surface area contributed by atoms with Gasteiger partial charge in [-0.25, -0.2) is 4.79 Å². The van der Waals surface area contributed by atoms with Crippen molar-refractivity contribution in [2.24, 2.45) is 0 Å². The predicted molar refractivity (Wildman–Crippen MR) is 73.0 cm³/mol. The number of hydrogen-bond acceptors (Lipinski definition) is 5. The van der Waals surface area contributed by atoms with E-state index in [1.807, 2.05) is 0 Å². The van der Waals surface area contributed by atoms with Gasteiger partial charge in [0.15, 0.2) is 0 Å². The maximum Gasteiger partial charge on any atom is 1.00 e. The van der Waals surface area contributed by atoms with Gasteiger partial charge in [-0.2, -0.15) is 0 Å². The number of aliphatic carboxylic acids is 1. The van der Waals surface area contributed by atoms with Crippen LogP contribution < -0.4 is 34.7 Å². The Bertz CT molecular complexity index is 477. The van der Waals surface area contributed by atoms with E-state index in [-0.39, 0.29) is 41.3 Å². The third-order valence-electron chi connectivity index (χ3n) is 1.91. The van der Waals surface area contributed by atoms with E-state index in [0.29, 0.717) is 12.2 Å². The van der Waals surface area contributed by atoms with Crippen LogP contribution in [-0.2, 0) is 9.53 Å². The summed E-state index contributed by atoms with van der Waals surface area (Å²) in [6, 6.07) is 5.94. The van der Waals surface area contributed by atoms with Gasteiger partial charge in [-0.3, -0.25) is 0 Å². The first-order valence-electron chi connectivity index (χ1n) is 5.97. The molecule has 0 aromatic heterocycles. The van der Waals surface area contributed by atoms with Gasteiger partial charge in [0.05, 0.1) is 18.1 Å². The molecule has 1 N–H and O–H groups in total. The van der Waals surface area contributed by atoms with E-state index in [1.54, 1.807) is 26.0 Å². The fourth-order valence-electron chi connectivity index (χ4n) is 1.06. The molecule has 1 aromatic rings. The van der Waals surface area contributed by atoms with Gasteiger partial charge in [-0.05, 0) is 44.2 Å². The first kappa shape index (κ1) is 21.7. The predicted octanol–water partition coefficient (Wildman–Crippen LogP) is -1.56. The topological polar surface area (TPSA) is 86.7 Å². The third kappa shape index (κ3) is 11.9. The zero-order chi connectivity index (χ0) is 15.4. The molecule has 0 unspecified atom stereocenters. The van der Waals surface area contributed by atoms with Crippen LogP contribution >= 0.6 is 0 Å². The summed E-state index contributed by atoms with van der Waals surface area (Å²) in [6.07, 6.45) is 5.74. The molecule has 0 radical (unpaired) electrons. The molecule has 5 nitrogen and oxygen atoms in total. The molecule has 0 saturated carbocycles. The van der Waals surface area contributed by atoms with Gasteiger partial charge in [0.2, 0.25) is 0 Å². The number of phenols is 1. The Hall–Kier alpha value is -1.56. The molecule has 0 amide bonds. The van der Waals surface area contributed by atoms with E-state index >= 15 is 0 Å². The fourth-order valence-corrected chi connectivity index (χ4v) is 1.06. The number of carboxylic acids is 1. The van der Waals surface area contributed by atoms with Crippen molar-refractivity contribution in [1.82, 2.24) is 0 Å². The first-order valence-corrected chi connectivity index (χ1v) is 5.97. The fraction of sp³-hybridized carbons (Fsp3) is 0.200. The minimum absolute atomic E-state index is 0. The number of phenolic OH excluding ortho intramolecular Hbond substituents is 1. The number of hydrogen-bond donors (Lipinski definition) is 1. The van der Waals surface area contributed by atoms with Crippen LogP contribution in [0.3, 0.4) is 0 Å². The van der Waals surface area contributed by atoms with Crippen molar-refractivity contribution in [3.8, 4) is 5.75 Å². The molecule has 1 rings (SSSR count). The van der Waals surface area contributed by atoms with Gasteiger partial charge in [0.1, 0.15) is 5.75 Å². The number of esters is 1. The summed E-state index contributed by atoms with van der Waals surface area (Å²) in [5.41, 5.74) is 0.453. The van der Waals surface area contributed by atoms with Crippen LogP contribution in [0.4, 0.5) is 0 Å². The van der Waals surface area contributed by atoms with E-state index in [4.69, 9.17) is 9.84 Å². The zero-order valence-electron chi connectivity index (χ0n) is 12.4. The minimum Gasteiger partial charge on any atom is -0.545 e. The molecule has 108 valence electrons. The van der Waals surface area contributed by atoms with Crippen molar-refractivity contribution >= 4 is 11.9 Å². The summed E-state index contributed by atoms with van der Waals surface area (Å²) < 4.78 is 4.75. The summed E-state index contributed by atoms with van der Waals surface area (Å²) in [6.45, 7) is 3.91. The van der Waals surface area contributed by atoms with Crippen molar-refractivity contribution in [1.29, 1.82) is 0 Å². The summed E-state index contributed by atoms with van der Waals surface area (Å²) >= 11 is 0. The molecule has 0 fully saturated rings. The van der Waals surface area contributed by atoms with Crippen LogP contribution in [0, 0.1) is 0 Å². The summed E-state index contributed by atoms with van der Waals surface area (Å²) in [7, 11) is 0. The number of carbonyl (C=O) groups excluding carboxylic acids is 2. The Kier molecular flexibility index (Phi) is 13.9. The van der Waals surface area contributed by atoms with E-state index in [0.717, 1.165) is 6.08 Å². The van der Waals surface area contributed by atoms with Crippen LogP contribution in [0.1, 0.15) is 24.2 Å². The molecule has 0 aliphatic heterocycles. The van der Waals surface area contributed by atoms with Crippen molar-refractivity contribution in [2.75, 3.05) is 6.61 Å². The molecular formula is C15H17NaO5. The maximum absolute atomic E-state index is 11.1. The molecule has 1 aromatic carbocycles. The van der Waals surface area contributed by atoms with Crippen LogP contribution in [-0.4, -0.2) is 23.7 Å². The maximum atomic E-state index is 11.1. The molecule has 0 spiro atoms. The molecule has 0 aliphatic rings. The molecular weight excluding hydrogens is 283 g/mol. The number of aromatic hydroxyl groups is 1. The second-order valence-electron chi connectivity index (χ2n) is 3.47. The quantitative estimate of drug-likeness (QED) is 0.315. The second-order valence-corrected chi connectivity index (χ2v) is 3.47. The van der Waals surface area contributed by atoms with Gasteiger partial charge >= 0.3 is 35.5 Å². The Morgan fingerprint density at radius 3 is 2.24 bits per heavy atom. The Morgan fingerprint density at radius 1 is 1.24 bits per heavy atom. The van der Waals surface area contributed by atoms with Crippen molar-refractivity contribution in [3.63, 3.8) is 0 Å². The number of carbonyl (C=O) groups is 2. The van der Waals surface area contributed by atoms with E-state index in [9.17, 15) is 14.7 Å². The van der Waals surface area contributed by atoms with Gasteiger partial charge in [0.25, 0.3) is 0 Å². The van der Waals surface area contributed by atoms with Crippen molar-refractivity contribution in [2.45, 2.75) is 13.8 Å². The van der Waals surface area contributed by atoms with Gasteiger partial charge in [0, 0.05) is 0 Å². The Morgan fingerprint density at radius 2 is 1.81 bits per heavy atom. The van der Waals surface area contributed by atoms with Gasteiger partial charge in [-0.15, -0.1) is 0 Å². The SMILES string of the molecule is C/C=C/C=C/C(=O)[O-].CCOC(=O)c1ccc(O)cc1.[Na+]. The molecule has 0 heterocycles. The number of ether oxygens (including phenoxy) is 1. The van der Waals surface area contributed by atoms with Crippen LogP contribution in [0.25, 0.3) is 0 Å². The molecule has 0 atom stereocenters. The summed E-state index contributed by atoms with van der Waals surface area (Å²) in [4.78, 5) is 20.7. The van der Waals surface area contributed by atoms with E-state index in [1.165, 1.54) is 30.3 Å². The van der Waals surface area contributed by atoms with Crippen LogP contribution in [0.5, 0.6) is 5.75 Å². The number of allylic oxidation sites excluding steroid dienone is 3. The average Bonchev–Trinajstić information content (AvgIpc) is 2.40. The summed E-state index contributed by atoms with van der Waals surface area (Å²) in [5.74, 6) is -1.39. The zero-order valence-corrected chi connectivity index (χ0v) is 14.4. The normalized spacial score (nSPS) is 9.62. The third-order valence-corrected chi connectivity index (χ3v) is 1.91. The largest absolute Gasteiger partial charge is 1.00 e. The van der Waals surface area contributed by atoms with Crippen molar-refractivity contribution < 1.29 is 54.1 Å².